The van der Waals surface area contributed by atoms with Gasteiger partial charge in [0.2, 0.25) is 15.9 Å². The largest absolute Gasteiger partial charge is 0.415 e. The Morgan fingerprint density at radius 1 is 1.12 bits per heavy atom. The third kappa shape index (κ3) is 3.99. The van der Waals surface area contributed by atoms with Crippen LogP contribution in [0.25, 0.3) is 11.5 Å². The fourth-order valence-corrected chi connectivity index (χ4v) is 3.04. The zero-order chi connectivity index (χ0) is 18.7. The molecule has 11 heteroatoms. The number of aromatic nitrogens is 4. The van der Waals surface area contributed by atoms with E-state index < -0.39 is 22.3 Å². The molecule has 0 saturated carbocycles. The van der Waals surface area contributed by atoms with Crippen LogP contribution < -0.4 is 4.31 Å². The Labute approximate surface area is 147 Å². The minimum atomic E-state index is -3.56. The van der Waals surface area contributed by atoms with Crippen LogP contribution in [0.1, 0.15) is 17.9 Å². The molecule has 0 saturated heterocycles. The lowest BCUT2D eigenvalue weighted by Gasteiger charge is -2.21. The van der Waals surface area contributed by atoms with Crippen LogP contribution in [0.4, 0.5) is 14.5 Å². The lowest BCUT2D eigenvalue weighted by atomic mass is 10.1. The maximum Gasteiger partial charge on any atom is 0.314 e. The predicted octanol–water partition coefficient (Wildman–Crippen LogP) is 2.43. The van der Waals surface area contributed by atoms with Crippen molar-refractivity contribution < 1.29 is 21.6 Å². The number of alkyl halides is 2. The predicted molar refractivity (Wildman–Crippen MR) is 87.7 cm³/mol. The van der Waals surface area contributed by atoms with Crippen molar-refractivity contribution in [2.24, 2.45) is 0 Å². The van der Waals surface area contributed by atoms with E-state index in [0.29, 0.717) is 16.8 Å². The topological polar surface area (TPSA) is 102 Å². The zero-order valence-electron chi connectivity index (χ0n) is 13.5. The first-order valence-electron chi connectivity index (χ1n) is 7.28. The molecule has 0 spiro atoms. The molecule has 0 radical (unpaired) electrons. The van der Waals surface area contributed by atoms with Gasteiger partial charge in [-0.1, -0.05) is 12.1 Å². The van der Waals surface area contributed by atoms with Crippen LogP contribution in [-0.4, -0.2) is 34.8 Å². The highest BCUT2D eigenvalue weighted by molar-refractivity contribution is 7.92. The van der Waals surface area contributed by atoms with Crippen molar-refractivity contribution in [2.45, 2.75) is 13.0 Å². The molecule has 2 aromatic heterocycles. The van der Waals surface area contributed by atoms with E-state index in [9.17, 15) is 17.2 Å². The molecule has 0 unspecified atom stereocenters. The molecule has 3 rings (SSSR count). The molecule has 136 valence electrons. The van der Waals surface area contributed by atoms with Crippen molar-refractivity contribution >= 4 is 15.7 Å². The number of benzene rings is 1. The summed E-state index contributed by atoms with van der Waals surface area (Å²) in [6.07, 6.45) is 2.33. The summed E-state index contributed by atoms with van der Waals surface area (Å²) < 4.78 is 55.2. The molecular weight excluding hydrogens is 368 g/mol. The quantitative estimate of drug-likeness (QED) is 0.646. The second-order valence-electron chi connectivity index (χ2n) is 5.31. The smallest absolute Gasteiger partial charge is 0.314 e. The molecule has 0 aliphatic carbocycles. The summed E-state index contributed by atoms with van der Waals surface area (Å²) in [6.45, 7) is 0.0542. The molecule has 2 heterocycles. The van der Waals surface area contributed by atoms with Crippen molar-refractivity contribution in [1.82, 2.24) is 20.2 Å². The lowest BCUT2D eigenvalue weighted by Crippen LogP contribution is -2.29. The number of halogens is 2. The Hall–Kier alpha value is -2.95. The maximum atomic E-state index is 12.5. The monoisotopic (exact) mass is 381 g/mol. The number of hydrogen-bond acceptors (Lipinski definition) is 7. The van der Waals surface area contributed by atoms with Gasteiger partial charge in [0, 0.05) is 5.56 Å². The standard InChI is InChI=1S/C15H13F2N5O3S/c1-26(23,24)22(12-6-18-9-19-7-12)8-10-2-4-11(5-3-10)14-20-21-15(25-14)13(16)17/h2-7,9,13H,8H2,1H3. The van der Waals surface area contributed by atoms with E-state index in [2.05, 4.69) is 20.2 Å². The van der Waals surface area contributed by atoms with Crippen molar-refractivity contribution in [1.29, 1.82) is 0 Å². The summed E-state index contributed by atoms with van der Waals surface area (Å²) in [6, 6.07) is 6.45. The van der Waals surface area contributed by atoms with Crippen LogP contribution >= 0.6 is 0 Å². The molecule has 0 N–H and O–H groups in total. The van der Waals surface area contributed by atoms with Crippen LogP contribution in [-0.2, 0) is 16.6 Å². The highest BCUT2D eigenvalue weighted by Gasteiger charge is 2.19. The van der Waals surface area contributed by atoms with E-state index in [4.69, 9.17) is 4.42 Å². The van der Waals surface area contributed by atoms with Crippen LogP contribution in [0, 0.1) is 0 Å². The fraction of sp³-hybridized carbons (Fsp3) is 0.200. The van der Waals surface area contributed by atoms with Crippen molar-refractivity contribution in [3.05, 3.63) is 54.4 Å². The number of nitrogens with zero attached hydrogens (tertiary/aromatic N) is 5. The van der Waals surface area contributed by atoms with Crippen molar-refractivity contribution in [3.63, 3.8) is 0 Å². The average Bonchev–Trinajstić information content (AvgIpc) is 3.10. The van der Waals surface area contributed by atoms with E-state index in [1.54, 1.807) is 24.3 Å². The Kier molecular flexibility index (Phi) is 4.89. The highest BCUT2D eigenvalue weighted by atomic mass is 32.2. The first-order chi connectivity index (χ1) is 12.3. The first kappa shape index (κ1) is 17.9. The van der Waals surface area contributed by atoms with Gasteiger partial charge in [-0.05, 0) is 17.7 Å². The Morgan fingerprint density at radius 2 is 1.77 bits per heavy atom. The summed E-state index contributed by atoms with van der Waals surface area (Å²) >= 11 is 0. The summed E-state index contributed by atoms with van der Waals surface area (Å²) in [5.74, 6) is -0.792. The van der Waals surface area contributed by atoms with Gasteiger partial charge in [-0.3, -0.25) is 4.31 Å². The second-order valence-corrected chi connectivity index (χ2v) is 7.22. The Balaban J connectivity index is 1.83. The Morgan fingerprint density at radius 3 is 2.31 bits per heavy atom. The van der Waals surface area contributed by atoms with Gasteiger partial charge in [-0.2, -0.15) is 8.78 Å². The molecule has 0 amide bonds. The summed E-state index contributed by atoms with van der Waals surface area (Å²) in [5, 5.41) is 6.83. The van der Waals surface area contributed by atoms with Crippen molar-refractivity contribution in [3.8, 4) is 11.5 Å². The lowest BCUT2D eigenvalue weighted by molar-refractivity contribution is 0.116. The molecular formula is C15H13F2N5O3S. The van der Waals surface area contributed by atoms with Gasteiger partial charge in [0.25, 0.3) is 5.89 Å². The molecule has 3 aromatic rings. The van der Waals surface area contributed by atoms with E-state index in [-0.39, 0.29) is 12.4 Å². The molecule has 0 fully saturated rings. The van der Waals surface area contributed by atoms with Gasteiger partial charge in [-0.15, -0.1) is 10.2 Å². The minimum Gasteiger partial charge on any atom is -0.415 e. The van der Waals surface area contributed by atoms with Crippen molar-refractivity contribution in [2.75, 3.05) is 10.6 Å². The first-order valence-corrected chi connectivity index (χ1v) is 9.13. The number of hydrogen-bond donors (Lipinski definition) is 0. The van der Waals surface area contributed by atoms with Gasteiger partial charge in [0.1, 0.15) is 6.33 Å². The van der Waals surface area contributed by atoms with Gasteiger partial charge in [-0.25, -0.2) is 18.4 Å². The van der Waals surface area contributed by atoms with Gasteiger partial charge in [0.05, 0.1) is 30.9 Å². The molecule has 0 aliphatic rings. The maximum absolute atomic E-state index is 12.5. The number of anilines is 1. The molecule has 8 nitrogen and oxygen atoms in total. The van der Waals surface area contributed by atoms with Gasteiger partial charge in [0.15, 0.2) is 0 Å². The fourth-order valence-electron chi connectivity index (χ4n) is 2.18. The molecule has 26 heavy (non-hydrogen) atoms. The third-order valence-corrected chi connectivity index (χ3v) is 4.53. The van der Waals surface area contributed by atoms with E-state index in [0.717, 1.165) is 10.6 Å². The normalized spacial score (nSPS) is 11.7. The van der Waals surface area contributed by atoms with E-state index >= 15 is 0 Å². The van der Waals surface area contributed by atoms with Crippen LogP contribution in [0.15, 0.2) is 47.4 Å². The summed E-state index contributed by atoms with van der Waals surface area (Å²) in [7, 11) is -3.56. The molecule has 0 bridgehead atoms. The molecule has 0 aliphatic heterocycles. The number of sulfonamides is 1. The zero-order valence-corrected chi connectivity index (χ0v) is 14.3. The third-order valence-electron chi connectivity index (χ3n) is 3.39. The SMILES string of the molecule is CS(=O)(=O)N(Cc1ccc(-c2nnc(C(F)F)o2)cc1)c1cncnc1. The van der Waals surface area contributed by atoms with E-state index in [1.807, 2.05) is 0 Å². The van der Waals surface area contributed by atoms with Gasteiger partial charge < -0.3 is 4.42 Å². The van der Waals surface area contributed by atoms with Crippen LogP contribution in [0.5, 0.6) is 0 Å². The van der Waals surface area contributed by atoms with Crippen LogP contribution in [0.3, 0.4) is 0 Å². The minimum absolute atomic E-state index is 0.0386. The number of rotatable bonds is 6. The Bertz CT molecular complexity index is 978. The summed E-state index contributed by atoms with van der Waals surface area (Å²) in [5.41, 5.74) is 1.44. The summed E-state index contributed by atoms with van der Waals surface area (Å²) in [4.78, 5) is 7.65. The average molecular weight is 381 g/mol. The van der Waals surface area contributed by atoms with Gasteiger partial charge >= 0.3 is 6.43 Å². The second kappa shape index (κ2) is 7.12. The highest BCUT2D eigenvalue weighted by Crippen LogP contribution is 2.24. The van der Waals surface area contributed by atoms with E-state index in [1.165, 1.54) is 18.7 Å². The van der Waals surface area contributed by atoms with Crippen LogP contribution in [0.2, 0.25) is 0 Å². The molecule has 0 atom stereocenters. The molecule has 1 aromatic carbocycles.